The van der Waals surface area contributed by atoms with Crippen molar-refractivity contribution in [3.8, 4) is 0 Å². The van der Waals surface area contributed by atoms with E-state index in [1.54, 1.807) is 27.7 Å². The van der Waals surface area contributed by atoms with Gasteiger partial charge >= 0.3 is 6.09 Å². The van der Waals surface area contributed by atoms with E-state index in [2.05, 4.69) is 0 Å². The molecule has 6 heteroatoms. The maximum absolute atomic E-state index is 11.7. The van der Waals surface area contributed by atoms with Crippen molar-refractivity contribution in [3.05, 3.63) is 0 Å². The van der Waals surface area contributed by atoms with Crippen LogP contribution >= 0.6 is 0 Å². The molecule has 0 aromatic rings. The zero-order valence-corrected chi connectivity index (χ0v) is 11.4. The zero-order chi connectivity index (χ0) is 13.6. The maximum atomic E-state index is 11.7. The Labute approximate surface area is 102 Å². The van der Waals surface area contributed by atoms with Gasteiger partial charge < -0.3 is 4.74 Å². The number of hydrogen-bond acceptors (Lipinski definition) is 4. The maximum Gasteiger partial charge on any atom is 0.410 e. The summed E-state index contributed by atoms with van der Waals surface area (Å²) in [6.07, 6.45) is -0.502. The number of hydrogen-bond donors (Lipinski definition) is 0. The van der Waals surface area contributed by atoms with E-state index in [9.17, 15) is 9.59 Å². The third-order valence-corrected chi connectivity index (χ3v) is 1.98. The van der Waals surface area contributed by atoms with Crippen molar-refractivity contribution in [1.29, 1.82) is 0 Å². The van der Waals surface area contributed by atoms with Crippen molar-refractivity contribution in [2.45, 2.75) is 33.3 Å². The van der Waals surface area contributed by atoms with Crippen LogP contribution in [-0.2, 0) is 14.4 Å². The zero-order valence-electron chi connectivity index (χ0n) is 11.4. The molecule has 2 amide bonds. The Kier molecular flexibility index (Phi) is 5.95. The van der Waals surface area contributed by atoms with Gasteiger partial charge in [0.15, 0.2) is 0 Å². The Morgan fingerprint density at radius 3 is 2.12 bits per heavy atom. The molecule has 0 N–H and O–H groups in total. The summed E-state index contributed by atoms with van der Waals surface area (Å²) in [7, 11) is 2.88. The molecule has 0 radical (unpaired) electrons. The lowest BCUT2D eigenvalue weighted by Gasteiger charge is -2.27. The van der Waals surface area contributed by atoms with Crippen LogP contribution in [-0.4, -0.2) is 54.8 Å². The van der Waals surface area contributed by atoms with Gasteiger partial charge in [0.2, 0.25) is 0 Å². The van der Waals surface area contributed by atoms with Gasteiger partial charge in [-0.25, -0.2) is 9.86 Å². The molecule has 0 heterocycles. The molecule has 0 aromatic heterocycles. The van der Waals surface area contributed by atoms with Crippen molar-refractivity contribution >= 4 is 12.0 Å². The molecule has 0 aliphatic heterocycles. The van der Waals surface area contributed by atoms with Crippen molar-refractivity contribution in [2.24, 2.45) is 0 Å². The molecule has 0 saturated carbocycles. The first-order chi connectivity index (χ1) is 7.71. The van der Waals surface area contributed by atoms with E-state index < -0.39 is 11.7 Å². The van der Waals surface area contributed by atoms with Gasteiger partial charge in [-0.2, -0.15) is 0 Å². The molecular formula is C11H22N2O4. The molecule has 0 bridgehead atoms. The van der Waals surface area contributed by atoms with Gasteiger partial charge in [0.25, 0.3) is 5.91 Å². The molecular weight excluding hydrogens is 224 g/mol. The van der Waals surface area contributed by atoms with Crippen molar-refractivity contribution in [1.82, 2.24) is 9.96 Å². The molecule has 0 spiro atoms. The number of hydroxylamine groups is 2. The second-order valence-corrected chi connectivity index (χ2v) is 4.57. The molecule has 17 heavy (non-hydrogen) atoms. The summed E-state index contributed by atoms with van der Waals surface area (Å²) in [5.74, 6) is -0.305. The number of carbonyl (C=O) groups excluding carboxylic acids is 2. The largest absolute Gasteiger partial charge is 0.444 e. The number of carbonyl (C=O) groups is 2. The minimum Gasteiger partial charge on any atom is -0.444 e. The van der Waals surface area contributed by atoms with Crippen LogP contribution in [0.25, 0.3) is 0 Å². The van der Waals surface area contributed by atoms with E-state index in [4.69, 9.17) is 9.57 Å². The fourth-order valence-electron chi connectivity index (χ4n) is 0.997. The minimum absolute atomic E-state index is 0.0598. The molecule has 0 atom stereocenters. The Bertz CT molecular complexity index is 273. The first-order valence-electron chi connectivity index (χ1n) is 5.49. The van der Waals surface area contributed by atoms with Crippen LogP contribution in [0.3, 0.4) is 0 Å². The van der Waals surface area contributed by atoms with E-state index in [1.807, 2.05) is 0 Å². The second-order valence-electron chi connectivity index (χ2n) is 4.57. The van der Waals surface area contributed by atoms with Gasteiger partial charge in [-0.05, 0) is 27.7 Å². The SMILES string of the molecule is CCN(CC(=O)N(C)OC)C(=O)OC(C)(C)C. The third-order valence-electron chi connectivity index (χ3n) is 1.98. The number of nitrogens with zero attached hydrogens (tertiary/aromatic N) is 2. The summed E-state index contributed by atoms with van der Waals surface area (Å²) in [6, 6.07) is 0. The van der Waals surface area contributed by atoms with Crippen LogP contribution in [0.2, 0.25) is 0 Å². The second kappa shape index (κ2) is 6.44. The first-order valence-corrected chi connectivity index (χ1v) is 5.49. The van der Waals surface area contributed by atoms with Crippen LogP contribution in [0.15, 0.2) is 0 Å². The smallest absolute Gasteiger partial charge is 0.410 e. The van der Waals surface area contributed by atoms with Crippen LogP contribution in [0.1, 0.15) is 27.7 Å². The summed E-state index contributed by atoms with van der Waals surface area (Å²) in [4.78, 5) is 29.4. The highest BCUT2D eigenvalue weighted by Gasteiger charge is 2.23. The highest BCUT2D eigenvalue weighted by atomic mass is 16.7. The van der Waals surface area contributed by atoms with Crippen LogP contribution in [0.4, 0.5) is 4.79 Å². The predicted molar refractivity (Wildman–Crippen MR) is 63.3 cm³/mol. The Balaban J connectivity index is 4.43. The summed E-state index contributed by atoms with van der Waals surface area (Å²) in [5.41, 5.74) is -0.569. The molecule has 0 aliphatic rings. The molecule has 0 fully saturated rings. The van der Waals surface area contributed by atoms with Crippen LogP contribution in [0, 0.1) is 0 Å². The van der Waals surface area contributed by atoms with E-state index >= 15 is 0 Å². The number of likely N-dealkylation sites (N-methyl/N-ethyl adjacent to an activating group) is 2. The summed E-state index contributed by atoms with van der Waals surface area (Å²) in [5, 5.41) is 1.08. The van der Waals surface area contributed by atoms with E-state index in [-0.39, 0.29) is 12.5 Å². The number of amides is 2. The normalized spacial score (nSPS) is 10.9. The van der Waals surface area contributed by atoms with Gasteiger partial charge in [-0.1, -0.05) is 0 Å². The molecule has 100 valence electrons. The quantitative estimate of drug-likeness (QED) is 0.701. The number of rotatable bonds is 4. The minimum atomic E-state index is -0.569. The monoisotopic (exact) mass is 246 g/mol. The third kappa shape index (κ3) is 6.11. The molecule has 0 aliphatic carbocycles. The van der Waals surface area contributed by atoms with E-state index in [0.29, 0.717) is 6.54 Å². The average molecular weight is 246 g/mol. The topological polar surface area (TPSA) is 59.1 Å². The first kappa shape index (κ1) is 15.7. The Morgan fingerprint density at radius 1 is 1.24 bits per heavy atom. The molecule has 0 aromatic carbocycles. The van der Waals surface area contributed by atoms with E-state index in [0.717, 1.165) is 5.06 Å². The molecule has 0 unspecified atom stereocenters. The highest BCUT2D eigenvalue weighted by Crippen LogP contribution is 2.09. The standard InChI is InChI=1S/C11H22N2O4/c1-7-13(8-9(14)12(5)16-6)10(15)17-11(2,3)4/h7-8H2,1-6H3. The highest BCUT2D eigenvalue weighted by molar-refractivity contribution is 5.81. The van der Waals surface area contributed by atoms with Crippen molar-refractivity contribution in [3.63, 3.8) is 0 Å². The molecule has 6 nitrogen and oxygen atoms in total. The average Bonchev–Trinajstić information content (AvgIpc) is 2.21. The lowest BCUT2D eigenvalue weighted by Crippen LogP contribution is -2.43. The van der Waals surface area contributed by atoms with Crippen LogP contribution in [0.5, 0.6) is 0 Å². The fourth-order valence-corrected chi connectivity index (χ4v) is 0.997. The van der Waals surface area contributed by atoms with E-state index in [1.165, 1.54) is 19.1 Å². The Hall–Kier alpha value is -1.30. The van der Waals surface area contributed by atoms with Crippen molar-refractivity contribution in [2.75, 3.05) is 27.2 Å². The van der Waals surface area contributed by atoms with Gasteiger partial charge in [0.1, 0.15) is 12.1 Å². The summed E-state index contributed by atoms with van der Waals surface area (Å²) >= 11 is 0. The van der Waals surface area contributed by atoms with Gasteiger partial charge in [0.05, 0.1) is 7.11 Å². The van der Waals surface area contributed by atoms with Gasteiger partial charge in [-0.15, -0.1) is 0 Å². The fraction of sp³-hybridized carbons (Fsp3) is 0.818. The summed E-state index contributed by atoms with van der Waals surface area (Å²) < 4.78 is 5.18. The number of ether oxygens (including phenoxy) is 1. The van der Waals surface area contributed by atoms with Crippen molar-refractivity contribution < 1.29 is 19.2 Å². The lowest BCUT2D eigenvalue weighted by molar-refractivity contribution is -0.169. The Morgan fingerprint density at radius 2 is 1.76 bits per heavy atom. The predicted octanol–water partition coefficient (Wildman–Crippen LogP) is 1.26. The van der Waals surface area contributed by atoms with Crippen LogP contribution < -0.4 is 0 Å². The summed E-state index contributed by atoms with van der Waals surface area (Å²) in [6.45, 7) is 7.46. The lowest BCUT2D eigenvalue weighted by atomic mass is 10.2. The molecule has 0 rings (SSSR count). The van der Waals surface area contributed by atoms with Gasteiger partial charge in [0, 0.05) is 13.6 Å². The molecule has 0 saturated heterocycles. The van der Waals surface area contributed by atoms with Gasteiger partial charge in [-0.3, -0.25) is 14.5 Å².